The molecule has 1 saturated carbocycles. The van der Waals surface area contributed by atoms with E-state index in [-0.39, 0.29) is 5.91 Å². The molecule has 3 aromatic rings. The Morgan fingerprint density at radius 1 is 1.19 bits per heavy atom. The zero-order chi connectivity index (χ0) is 21.4. The van der Waals surface area contributed by atoms with Crippen LogP contribution in [0.3, 0.4) is 0 Å². The molecule has 1 aromatic carbocycles. The highest BCUT2D eigenvalue weighted by atomic mass is 32.2. The first-order chi connectivity index (χ1) is 15.2. The molecule has 0 atom stereocenters. The molecule has 2 aromatic heterocycles. The Morgan fingerprint density at radius 3 is 2.77 bits per heavy atom. The molecular weight excluding hydrogens is 408 g/mol. The van der Waals surface area contributed by atoms with Crippen molar-refractivity contribution in [1.82, 2.24) is 19.9 Å². The van der Waals surface area contributed by atoms with Gasteiger partial charge in [-0.05, 0) is 43.7 Å². The number of amides is 1. The third-order valence-corrected chi connectivity index (χ3v) is 6.68. The number of thioether (sulfide) groups is 1. The first kappa shape index (κ1) is 19.9. The van der Waals surface area contributed by atoms with E-state index in [1.165, 1.54) is 11.8 Å². The number of imidazole rings is 1. The fraction of sp³-hybridized carbons (Fsp3) is 0.391. The van der Waals surface area contributed by atoms with Crippen LogP contribution < -0.4 is 4.90 Å². The topological polar surface area (TPSA) is 88.9 Å². The molecule has 7 nitrogen and oxygen atoms in total. The number of fused-ring (bicyclic) bond motifs is 1. The number of rotatable bonds is 4. The van der Waals surface area contributed by atoms with E-state index in [1.807, 2.05) is 41.5 Å². The maximum absolute atomic E-state index is 13.5. The lowest BCUT2D eigenvalue weighted by Crippen LogP contribution is -2.36. The van der Waals surface area contributed by atoms with E-state index in [9.17, 15) is 10.1 Å². The second-order valence-corrected chi connectivity index (χ2v) is 8.87. The lowest BCUT2D eigenvalue weighted by Gasteiger charge is -2.22. The van der Waals surface area contributed by atoms with Crippen molar-refractivity contribution in [1.29, 1.82) is 5.26 Å². The predicted octanol–water partition coefficient (Wildman–Crippen LogP) is 3.78. The Kier molecular flexibility index (Phi) is 5.28. The van der Waals surface area contributed by atoms with Crippen molar-refractivity contribution in [3.63, 3.8) is 0 Å². The molecule has 158 valence electrons. The van der Waals surface area contributed by atoms with Crippen LogP contribution in [0.5, 0.6) is 0 Å². The standard InChI is InChI=1S/C23H24N6OS/c1-31-21-17(14-24)16(13-20(25-21)15-7-8-15)22(30)28-9-4-10-29(12-11-28)23-26-18-5-2-3-6-19(18)27-23/h2-3,5-6,13,15H,4,7-12H2,1H3,(H,26,27). The smallest absolute Gasteiger partial charge is 0.255 e. The number of aromatic amines is 1. The van der Waals surface area contributed by atoms with Crippen LogP contribution in [-0.2, 0) is 0 Å². The van der Waals surface area contributed by atoms with Gasteiger partial charge in [0.1, 0.15) is 11.1 Å². The van der Waals surface area contributed by atoms with Crippen molar-refractivity contribution in [3.05, 3.63) is 47.2 Å². The summed E-state index contributed by atoms with van der Waals surface area (Å²) in [5.41, 5.74) is 3.82. The van der Waals surface area contributed by atoms with E-state index in [1.54, 1.807) is 0 Å². The molecule has 1 aliphatic carbocycles. The Balaban J connectivity index is 1.38. The van der Waals surface area contributed by atoms with Gasteiger partial charge in [-0.15, -0.1) is 11.8 Å². The number of nitrogens with zero attached hydrogens (tertiary/aromatic N) is 5. The molecule has 0 radical (unpaired) electrons. The summed E-state index contributed by atoms with van der Waals surface area (Å²) in [5, 5.41) is 10.4. The van der Waals surface area contributed by atoms with Crippen LogP contribution >= 0.6 is 11.8 Å². The molecular formula is C23H24N6OS. The van der Waals surface area contributed by atoms with Crippen molar-refractivity contribution < 1.29 is 4.79 Å². The van der Waals surface area contributed by atoms with Gasteiger partial charge in [0.25, 0.3) is 5.91 Å². The molecule has 0 unspecified atom stereocenters. The second-order valence-electron chi connectivity index (χ2n) is 8.08. The van der Waals surface area contributed by atoms with Crippen molar-refractivity contribution in [2.45, 2.75) is 30.2 Å². The summed E-state index contributed by atoms with van der Waals surface area (Å²) in [5.74, 6) is 1.21. The van der Waals surface area contributed by atoms with Gasteiger partial charge in [-0.3, -0.25) is 4.79 Å². The largest absolute Gasteiger partial charge is 0.341 e. The van der Waals surface area contributed by atoms with Crippen LogP contribution in [0.4, 0.5) is 5.95 Å². The highest BCUT2D eigenvalue weighted by Gasteiger charge is 2.30. The van der Waals surface area contributed by atoms with Crippen molar-refractivity contribution >= 4 is 34.7 Å². The zero-order valence-corrected chi connectivity index (χ0v) is 18.3. The Labute approximate surface area is 185 Å². The van der Waals surface area contributed by atoms with E-state index in [0.29, 0.717) is 41.7 Å². The summed E-state index contributed by atoms with van der Waals surface area (Å²) in [6.07, 6.45) is 4.97. The van der Waals surface area contributed by atoms with Gasteiger partial charge in [-0.2, -0.15) is 5.26 Å². The van der Waals surface area contributed by atoms with E-state index in [0.717, 1.165) is 48.5 Å². The number of nitriles is 1. The maximum Gasteiger partial charge on any atom is 0.255 e. The number of pyridine rings is 1. The molecule has 2 fully saturated rings. The molecule has 3 heterocycles. The van der Waals surface area contributed by atoms with Crippen LogP contribution in [0.15, 0.2) is 35.4 Å². The van der Waals surface area contributed by atoms with Gasteiger partial charge < -0.3 is 14.8 Å². The summed E-state index contributed by atoms with van der Waals surface area (Å²) in [4.78, 5) is 30.3. The van der Waals surface area contributed by atoms with Crippen molar-refractivity contribution in [2.24, 2.45) is 0 Å². The SMILES string of the molecule is CSc1nc(C2CC2)cc(C(=O)N2CCCN(c3nc4ccccc4[nH]3)CC2)c1C#N. The van der Waals surface area contributed by atoms with Crippen LogP contribution in [0.25, 0.3) is 11.0 Å². The van der Waals surface area contributed by atoms with E-state index >= 15 is 0 Å². The number of hydrogen-bond acceptors (Lipinski definition) is 6. The lowest BCUT2D eigenvalue weighted by atomic mass is 10.1. The molecule has 5 rings (SSSR count). The van der Waals surface area contributed by atoms with Gasteiger partial charge in [0.15, 0.2) is 0 Å². The van der Waals surface area contributed by atoms with E-state index in [2.05, 4.69) is 20.9 Å². The number of para-hydroxylation sites is 2. The number of H-pyrrole nitrogens is 1. The van der Waals surface area contributed by atoms with Crippen LogP contribution in [0, 0.1) is 11.3 Å². The summed E-state index contributed by atoms with van der Waals surface area (Å²) in [6, 6.07) is 12.1. The minimum absolute atomic E-state index is 0.0670. The quantitative estimate of drug-likeness (QED) is 0.631. The first-order valence-electron chi connectivity index (χ1n) is 10.7. The highest BCUT2D eigenvalue weighted by Crippen LogP contribution is 2.40. The summed E-state index contributed by atoms with van der Waals surface area (Å²) in [6.45, 7) is 2.78. The first-order valence-corrected chi connectivity index (χ1v) is 11.9. The lowest BCUT2D eigenvalue weighted by molar-refractivity contribution is 0.0766. The molecule has 1 N–H and O–H groups in total. The number of aromatic nitrogens is 3. The summed E-state index contributed by atoms with van der Waals surface area (Å²) in [7, 11) is 0. The predicted molar refractivity (Wildman–Crippen MR) is 122 cm³/mol. The number of carbonyl (C=O) groups is 1. The Morgan fingerprint density at radius 2 is 2.03 bits per heavy atom. The molecule has 1 saturated heterocycles. The second kappa shape index (κ2) is 8.23. The number of benzene rings is 1. The van der Waals surface area contributed by atoms with Gasteiger partial charge in [-0.1, -0.05) is 12.1 Å². The number of anilines is 1. The van der Waals surface area contributed by atoms with Gasteiger partial charge in [0.05, 0.1) is 22.2 Å². The van der Waals surface area contributed by atoms with E-state index in [4.69, 9.17) is 4.98 Å². The summed E-state index contributed by atoms with van der Waals surface area (Å²) < 4.78 is 0. The third-order valence-electron chi connectivity index (χ3n) is 6.00. The van der Waals surface area contributed by atoms with Crippen LogP contribution in [-0.4, -0.2) is 58.2 Å². The van der Waals surface area contributed by atoms with Gasteiger partial charge in [0.2, 0.25) is 5.95 Å². The average Bonchev–Trinajstić information content (AvgIpc) is 3.60. The van der Waals surface area contributed by atoms with Crippen molar-refractivity contribution in [2.75, 3.05) is 37.3 Å². The monoisotopic (exact) mass is 432 g/mol. The normalized spacial score (nSPS) is 16.9. The Hall–Kier alpha value is -3.05. The van der Waals surface area contributed by atoms with Crippen LogP contribution in [0.2, 0.25) is 0 Å². The molecule has 31 heavy (non-hydrogen) atoms. The Bertz CT molecular complexity index is 1150. The number of carbonyl (C=O) groups excluding carboxylic acids is 1. The fourth-order valence-corrected chi connectivity index (χ4v) is 4.70. The minimum atomic E-state index is -0.0670. The van der Waals surface area contributed by atoms with Gasteiger partial charge in [-0.25, -0.2) is 9.97 Å². The molecule has 8 heteroatoms. The van der Waals surface area contributed by atoms with E-state index < -0.39 is 0 Å². The maximum atomic E-state index is 13.5. The van der Waals surface area contributed by atoms with Crippen molar-refractivity contribution in [3.8, 4) is 6.07 Å². The molecule has 0 spiro atoms. The van der Waals surface area contributed by atoms with Crippen LogP contribution in [0.1, 0.15) is 46.8 Å². The molecule has 1 aliphatic heterocycles. The third kappa shape index (κ3) is 3.86. The van der Waals surface area contributed by atoms with Gasteiger partial charge >= 0.3 is 0 Å². The zero-order valence-electron chi connectivity index (χ0n) is 17.5. The highest BCUT2D eigenvalue weighted by molar-refractivity contribution is 7.98. The number of hydrogen-bond donors (Lipinski definition) is 1. The molecule has 2 aliphatic rings. The fourth-order valence-electron chi connectivity index (χ4n) is 4.15. The summed E-state index contributed by atoms with van der Waals surface area (Å²) >= 11 is 1.44. The minimum Gasteiger partial charge on any atom is -0.341 e. The van der Waals surface area contributed by atoms with Gasteiger partial charge in [0, 0.05) is 37.8 Å². The molecule has 1 amide bonds. The average molecular weight is 433 g/mol. The molecule has 0 bridgehead atoms. The number of nitrogens with one attached hydrogen (secondary N) is 1.